The van der Waals surface area contributed by atoms with Crippen LogP contribution in [0.5, 0.6) is 0 Å². The van der Waals surface area contributed by atoms with Crippen LogP contribution in [-0.4, -0.2) is 42.6 Å². The molecule has 2 aliphatic carbocycles. The van der Waals surface area contributed by atoms with Crippen LogP contribution in [0, 0.1) is 29.6 Å². The summed E-state index contributed by atoms with van der Waals surface area (Å²) in [6.07, 6.45) is 9.93. The smallest absolute Gasteiger partial charge is 0.308 e. The fourth-order valence-electron chi connectivity index (χ4n) is 6.15. The van der Waals surface area contributed by atoms with Crippen molar-refractivity contribution in [2.24, 2.45) is 29.6 Å². The zero-order valence-corrected chi connectivity index (χ0v) is 22.6. The van der Waals surface area contributed by atoms with Crippen molar-refractivity contribution >= 4 is 20.0 Å². The molecule has 5 nitrogen and oxygen atoms in total. The summed E-state index contributed by atoms with van der Waals surface area (Å²) < 4.78 is 12.2. The molecule has 6 heteroatoms. The molecule has 1 heterocycles. The van der Waals surface area contributed by atoms with Crippen molar-refractivity contribution in [3.8, 4) is 0 Å². The molecule has 1 aliphatic heterocycles. The van der Waals surface area contributed by atoms with E-state index < -0.39 is 19.4 Å². The Balaban J connectivity index is 1.96. The van der Waals surface area contributed by atoms with Crippen LogP contribution >= 0.6 is 0 Å². The number of cyclic esters (lactones) is 1. The first-order valence-electron chi connectivity index (χ1n) is 12.9. The monoisotopic (exact) mass is 476 g/mol. The highest BCUT2D eigenvalue weighted by molar-refractivity contribution is 6.79. The Bertz CT molecular complexity index is 797. The second-order valence-electron chi connectivity index (χ2n) is 11.9. The van der Waals surface area contributed by atoms with Gasteiger partial charge < -0.3 is 14.6 Å². The van der Waals surface area contributed by atoms with Gasteiger partial charge in [0.25, 0.3) is 0 Å². The van der Waals surface area contributed by atoms with Crippen LogP contribution in [0.1, 0.15) is 66.2 Å². The van der Waals surface area contributed by atoms with Crippen molar-refractivity contribution in [1.29, 1.82) is 0 Å². The van der Waals surface area contributed by atoms with Gasteiger partial charge in [-0.15, -0.1) is 0 Å². The van der Waals surface area contributed by atoms with Gasteiger partial charge in [-0.1, -0.05) is 65.6 Å². The third-order valence-corrected chi connectivity index (χ3v) is 11.4. The number of rotatable bonds is 7. The Labute approximate surface area is 201 Å². The molecule has 0 unspecified atom stereocenters. The second kappa shape index (κ2) is 10.1. The lowest BCUT2D eigenvalue weighted by molar-refractivity contribution is -0.166. The lowest BCUT2D eigenvalue weighted by atomic mass is 9.64. The van der Waals surface area contributed by atoms with E-state index in [0.29, 0.717) is 24.2 Å². The summed E-state index contributed by atoms with van der Waals surface area (Å²) in [6, 6.07) is 0. The molecule has 0 amide bonds. The summed E-state index contributed by atoms with van der Waals surface area (Å²) in [7, 11) is -1.98. The van der Waals surface area contributed by atoms with Crippen LogP contribution < -0.4 is 0 Å². The first-order valence-corrected chi connectivity index (χ1v) is 16.4. The third-order valence-electron chi connectivity index (χ3n) is 8.28. The standard InChI is InChI=1S/C27H44O5Si/c1-8-18(3)26(30)32-27(33(5,6)7)16-17(2)13-20-10-9-19(4)23(25(20)27)12-11-22-14-21(28)15-24(29)31-22/h9-10,13,17-19,21-23,25,28H,8,11-12,14-16H2,1-7H3/t17-,18-,19-,21+,22+,23-,25-,27-/m0/s1. The summed E-state index contributed by atoms with van der Waals surface area (Å²) in [5, 5.41) is 9.58. The molecule has 1 fully saturated rings. The molecule has 0 radical (unpaired) electrons. The van der Waals surface area contributed by atoms with Gasteiger partial charge in [-0.3, -0.25) is 9.59 Å². The highest BCUT2D eigenvalue weighted by Gasteiger charge is 2.58. The van der Waals surface area contributed by atoms with Gasteiger partial charge in [0.1, 0.15) is 11.3 Å². The molecule has 3 rings (SSSR count). The van der Waals surface area contributed by atoms with Gasteiger partial charge in [-0.2, -0.15) is 0 Å². The van der Waals surface area contributed by atoms with Gasteiger partial charge in [-0.05, 0) is 49.0 Å². The van der Waals surface area contributed by atoms with Gasteiger partial charge in [0.2, 0.25) is 0 Å². The minimum Gasteiger partial charge on any atom is -0.462 e. The van der Waals surface area contributed by atoms with E-state index in [4.69, 9.17) is 9.47 Å². The highest BCUT2D eigenvalue weighted by Crippen LogP contribution is 2.54. The molecule has 0 aromatic heterocycles. The average Bonchev–Trinajstić information content (AvgIpc) is 2.70. The number of carbonyl (C=O) groups excluding carboxylic acids is 2. The second-order valence-corrected chi connectivity index (χ2v) is 17.2. The van der Waals surface area contributed by atoms with Crippen molar-refractivity contribution in [3.63, 3.8) is 0 Å². The summed E-state index contributed by atoms with van der Waals surface area (Å²) >= 11 is 0. The van der Waals surface area contributed by atoms with E-state index in [1.807, 2.05) is 13.8 Å². The van der Waals surface area contributed by atoms with E-state index in [2.05, 4.69) is 51.7 Å². The normalized spacial score (nSPS) is 37.6. The van der Waals surface area contributed by atoms with Crippen molar-refractivity contribution in [2.45, 2.75) is 103 Å². The Morgan fingerprint density at radius 2 is 2.00 bits per heavy atom. The SMILES string of the molecule is CC[C@H](C)C(=O)O[C@]1([Si](C)(C)C)C[C@@H](C)C=C2C=C[C@H](C)[C@H](CC[C@@H]3C[C@@H](O)CC(=O)O3)[C@H]21. The van der Waals surface area contributed by atoms with Crippen LogP contribution in [0.15, 0.2) is 23.8 Å². The van der Waals surface area contributed by atoms with E-state index in [1.165, 1.54) is 5.57 Å². The first-order chi connectivity index (χ1) is 15.4. The Hall–Kier alpha value is -1.40. The number of fused-ring (bicyclic) bond motifs is 1. The molecule has 186 valence electrons. The zero-order chi connectivity index (χ0) is 24.6. The Morgan fingerprint density at radius 1 is 1.30 bits per heavy atom. The number of hydrogen-bond acceptors (Lipinski definition) is 5. The fourth-order valence-corrected chi connectivity index (χ4v) is 8.81. The van der Waals surface area contributed by atoms with Crippen molar-refractivity contribution < 1.29 is 24.2 Å². The number of allylic oxidation sites excluding steroid dienone is 3. The van der Waals surface area contributed by atoms with Gasteiger partial charge in [-0.25, -0.2) is 0 Å². The summed E-state index contributed by atoms with van der Waals surface area (Å²) in [5.74, 6) is 0.644. The number of aliphatic hydroxyl groups is 1. The molecule has 1 N–H and O–H groups in total. The number of carbonyl (C=O) groups is 2. The van der Waals surface area contributed by atoms with Gasteiger partial charge in [0.15, 0.2) is 0 Å². The zero-order valence-electron chi connectivity index (χ0n) is 21.6. The van der Waals surface area contributed by atoms with Crippen LogP contribution in [-0.2, 0) is 19.1 Å². The van der Waals surface area contributed by atoms with E-state index in [0.717, 1.165) is 25.7 Å². The fraction of sp³-hybridized carbons (Fsp3) is 0.778. The number of aliphatic hydroxyl groups excluding tert-OH is 1. The van der Waals surface area contributed by atoms with Crippen LogP contribution in [0.4, 0.5) is 0 Å². The Kier molecular flexibility index (Phi) is 7.99. The summed E-state index contributed by atoms with van der Waals surface area (Å²) in [4.78, 5) is 25.1. The minimum atomic E-state index is -1.98. The average molecular weight is 477 g/mol. The predicted octanol–water partition coefficient (Wildman–Crippen LogP) is 5.44. The number of esters is 2. The number of ether oxygens (including phenoxy) is 2. The summed E-state index contributed by atoms with van der Waals surface area (Å²) in [6.45, 7) is 15.5. The lowest BCUT2D eigenvalue weighted by Crippen LogP contribution is -2.65. The van der Waals surface area contributed by atoms with Crippen LogP contribution in [0.2, 0.25) is 19.6 Å². The van der Waals surface area contributed by atoms with Crippen molar-refractivity contribution in [1.82, 2.24) is 0 Å². The van der Waals surface area contributed by atoms with Gasteiger partial charge >= 0.3 is 11.9 Å². The quantitative estimate of drug-likeness (QED) is 0.391. The topological polar surface area (TPSA) is 72.8 Å². The molecule has 0 bridgehead atoms. The van der Waals surface area contributed by atoms with Crippen molar-refractivity contribution in [3.05, 3.63) is 23.8 Å². The predicted molar refractivity (Wildman–Crippen MR) is 133 cm³/mol. The molecule has 3 aliphatic rings. The largest absolute Gasteiger partial charge is 0.462 e. The highest BCUT2D eigenvalue weighted by atomic mass is 28.3. The molecule has 0 spiro atoms. The minimum absolute atomic E-state index is 0.0707. The van der Waals surface area contributed by atoms with Crippen molar-refractivity contribution in [2.75, 3.05) is 0 Å². The van der Waals surface area contributed by atoms with E-state index >= 15 is 0 Å². The molecule has 1 saturated heterocycles. The first kappa shape index (κ1) is 26.2. The molecular weight excluding hydrogens is 432 g/mol. The summed E-state index contributed by atoms with van der Waals surface area (Å²) in [5.41, 5.74) is 1.30. The van der Waals surface area contributed by atoms with E-state index in [1.54, 1.807) is 0 Å². The maximum absolute atomic E-state index is 13.2. The van der Waals surface area contributed by atoms with Crippen LogP contribution in [0.3, 0.4) is 0 Å². The lowest BCUT2D eigenvalue weighted by Gasteiger charge is -2.56. The Morgan fingerprint density at radius 3 is 2.61 bits per heavy atom. The maximum atomic E-state index is 13.2. The van der Waals surface area contributed by atoms with E-state index in [-0.39, 0.29) is 36.3 Å². The molecule has 0 aromatic rings. The van der Waals surface area contributed by atoms with Crippen LogP contribution in [0.25, 0.3) is 0 Å². The maximum Gasteiger partial charge on any atom is 0.308 e. The molecule has 0 saturated carbocycles. The van der Waals surface area contributed by atoms with E-state index in [9.17, 15) is 14.7 Å². The molecule has 33 heavy (non-hydrogen) atoms. The molecule has 0 aromatic carbocycles. The third kappa shape index (κ3) is 5.48. The van der Waals surface area contributed by atoms with Gasteiger partial charge in [0.05, 0.1) is 26.5 Å². The molecule has 8 atom stereocenters. The number of hydrogen-bond donors (Lipinski definition) is 1. The molecular formula is C27H44O5Si. The van der Waals surface area contributed by atoms with Gasteiger partial charge in [0, 0.05) is 12.3 Å².